The van der Waals surface area contributed by atoms with E-state index in [2.05, 4.69) is 14.9 Å². The van der Waals surface area contributed by atoms with Gasteiger partial charge in [0.2, 0.25) is 0 Å². The maximum Gasteiger partial charge on any atom is 0.408 e. The first kappa shape index (κ1) is 23.4. The minimum atomic E-state index is -0.983. The summed E-state index contributed by atoms with van der Waals surface area (Å²) >= 11 is 0. The third kappa shape index (κ3) is 6.59. The second kappa shape index (κ2) is 9.75. The second-order valence-corrected chi connectivity index (χ2v) is 8.18. The molecule has 1 N–H and O–H groups in total. The van der Waals surface area contributed by atoms with Crippen molar-refractivity contribution in [3.8, 4) is 5.82 Å². The fraction of sp³-hybridized carbons (Fsp3) is 0.500. The maximum absolute atomic E-state index is 12.0. The summed E-state index contributed by atoms with van der Waals surface area (Å²) in [5.41, 5.74) is 3.26. The van der Waals surface area contributed by atoms with Crippen LogP contribution in [0.5, 0.6) is 0 Å². The van der Waals surface area contributed by atoms with Gasteiger partial charge in [-0.3, -0.25) is 0 Å². The Labute approximate surface area is 177 Å². The SMILES string of the molecule is COC(=O)[C@H](COCc1cc(C)cc(-n2c(C)ccc2C)n1)NC(=O)OC(C)(C)C. The molecule has 2 aromatic heterocycles. The highest BCUT2D eigenvalue weighted by Gasteiger charge is 2.25. The first-order chi connectivity index (χ1) is 14.0. The van der Waals surface area contributed by atoms with Crippen LogP contribution in [0, 0.1) is 20.8 Å². The van der Waals surface area contributed by atoms with Crippen LogP contribution in [0.2, 0.25) is 0 Å². The number of carbonyl (C=O) groups is 2. The first-order valence-electron chi connectivity index (χ1n) is 9.78. The molecule has 0 fully saturated rings. The molecule has 2 heterocycles. The van der Waals surface area contributed by atoms with Gasteiger partial charge in [0.05, 0.1) is 26.0 Å². The Balaban J connectivity index is 2.06. The predicted octanol–water partition coefficient (Wildman–Crippen LogP) is 3.38. The van der Waals surface area contributed by atoms with Crippen molar-refractivity contribution in [3.63, 3.8) is 0 Å². The van der Waals surface area contributed by atoms with Gasteiger partial charge in [0.25, 0.3) is 0 Å². The quantitative estimate of drug-likeness (QED) is 0.695. The molecular formula is C22H31N3O5. The van der Waals surface area contributed by atoms with E-state index in [0.717, 1.165) is 28.5 Å². The van der Waals surface area contributed by atoms with Crippen LogP contribution < -0.4 is 5.32 Å². The number of aryl methyl sites for hydroxylation is 3. The van der Waals surface area contributed by atoms with Crippen LogP contribution in [0.1, 0.15) is 43.4 Å². The molecule has 1 atom stereocenters. The van der Waals surface area contributed by atoms with Crippen molar-refractivity contribution in [1.29, 1.82) is 0 Å². The van der Waals surface area contributed by atoms with E-state index < -0.39 is 23.7 Å². The number of nitrogens with one attached hydrogen (secondary N) is 1. The van der Waals surface area contributed by atoms with E-state index in [1.165, 1.54) is 7.11 Å². The molecule has 0 bridgehead atoms. The van der Waals surface area contributed by atoms with E-state index in [1.54, 1.807) is 20.8 Å². The van der Waals surface area contributed by atoms with Crippen molar-refractivity contribution >= 4 is 12.1 Å². The Morgan fingerprint density at radius 3 is 2.33 bits per heavy atom. The summed E-state index contributed by atoms with van der Waals surface area (Å²) in [6, 6.07) is 7.03. The molecule has 1 amide bonds. The average Bonchev–Trinajstić information content (AvgIpc) is 2.96. The van der Waals surface area contributed by atoms with Crippen LogP contribution in [0.15, 0.2) is 24.3 Å². The Morgan fingerprint density at radius 1 is 1.13 bits per heavy atom. The number of alkyl carbamates (subject to hydrolysis) is 1. The van der Waals surface area contributed by atoms with Crippen molar-refractivity contribution in [2.75, 3.05) is 13.7 Å². The molecule has 0 aromatic carbocycles. The summed E-state index contributed by atoms with van der Waals surface area (Å²) in [5.74, 6) is 0.197. The van der Waals surface area contributed by atoms with Crippen LogP contribution >= 0.6 is 0 Å². The number of aromatic nitrogens is 2. The molecule has 2 aromatic rings. The van der Waals surface area contributed by atoms with Gasteiger partial charge in [-0.05, 0) is 71.4 Å². The fourth-order valence-electron chi connectivity index (χ4n) is 2.98. The smallest absolute Gasteiger partial charge is 0.408 e. The molecule has 164 valence electrons. The van der Waals surface area contributed by atoms with Crippen LogP contribution in [0.3, 0.4) is 0 Å². The van der Waals surface area contributed by atoms with Gasteiger partial charge in [-0.25, -0.2) is 14.6 Å². The first-order valence-corrected chi connectivity index (χ1v) is 9.78. The van der Waals surface area contributed by atoms with Gasteiger partial charge in [0.15, 0.2) is 6.04 Å². The second-order valence-electron chi connectivity index (χ2n) is 8.18. The van der Waals surface area contributed by atoms with Crippen molar-refractivity contribution < 1.29 is 23.8 Å². The molecule has 0 aliphatic carbocycles. The topological polar surface area (TPSA) is 91.7 Å². The van der Waals surface area contributed by atoms with E-state index in [1.807, 2.05) is 45.0 Å². The Bertz CT molecular complexity index is 879. The summed E-state index contributed by atoms with van der Waals surface area (Å²) < 4.78 is 17.7. The zero-order valence-corrected chi connectivity index (χ0v) is 18.7. The summed E-state index contributed by atoms with van der Waals surface area (Å²) in [6.45, 7) is 11.4. The van der Waals surface area contributed by atoms with Crippen LogP contribution in [-0.4, -0.2) is 47.0 Å². The highest BCUT2D eigenvalue weighted by atomic mass is 16.6. The van der Waals surface area contributed by atoms with Crippen molar-refractivity contribution in [2.45, 2.75) is 59.8 Å². The number of carbonyl (C=O) groups excluding carboxylic acids is 2. The lowest BCUT2D eigenvalue weighted by atomic mass is 10.2. The van der Waals surface area contributed by atoms with E-state index in [0.29, 0.717) is 0 Å². The number of rotatable bonds is 7. The number of ether oxygens (including phenoxy) is 3. The molecule has 0 spiro atoms. The number of methoxy groups -OCH3 is 1. The van der Waals surface area contributed by atoms with Crippen molar-refractivity contribution in [3.05, 3.63) is 46.9 Å². The molecule has 0 aliphatic heterocycles. The number of amides is 1. The number of nitrogens with zero attached hydrogens (tertiary/aromatic N) is 2. The van der Waals surface area contributed by atoms with E-state index in [9.17, 15) is 9.59 Å². The molecule has 30 heavy (non-hydrogen) atoms. The highest BCUT2D eigenvalue weighted by molar-refractivity contribution is 5.81. The number of hydrogen-bond acceptors (Lipinski definition) is 6. The molecule has 8 heteroatoms. The summed E-state index contributed by atoms with van der Waals surface area (Å²) in [5, 5.41) is 2.49. The molecule has 0 saturated heterocycles. The largest absolute Gasteiger partial charge is 0.467 e. The lowest BCUT2D eigenvalue weighted by Gasteiger charge is -2.22. The zero-order valence-electron chi connectivity index (χ0n) is 18.7. The van der Waals surface area contributed by atoms with Crippen molar-refractivity contribution in [1.82, 2.24) is 14.9 Å². The van der Waals surface area contributed by atoms with Gasteiger partial charge < -0.3 is 24.1 Å². The van der Waals surface area contributed by atoms with Gasteiger partial charge in [0.1, 0.15) is 11.4 Å². The molecule has 8 nitrogen and oxygen atoms in total. The molecule has 0 aliphatic rings. The van der Waals surface area contributed by atoms with Gasteiger partial charge >= 0.3 is 12.1 Å². The van der Waals surface area contributed by atoms with Gasteiger partial charge in [-0.2, -0.15) is 0 Å². The number of pyridine rings is 1. The highest BCUT2D eigenvalue weighted by Crippen LogP contribution is 2.17. The third-order valence-corrected chi connectivity index (χ3v) is 4.22. The molecule has 2 rings (SSSR count). The average molecular weight is 418 g/mol. The Kier molecular flexibility index (Phi) is 7.61. The fourth-order valence-corrected chi connectivity index (χ4v) is 2.98. The van der Waals surface area contributed by atoms with Crippen LogP contribution in [-0.2, 0) is 25.6 Å². The number of hydrogen-bond donors (Lipinski definition) is 1. The molecule has 0 unspecified atom stereocenters. The van der Waals surface area contributed by atoms with Gasteiger partial charge in [-0.15, -0.1) is 0 Å². The summed E-state index contributed by atoms with van der Waals surface area (Å²) in [6.07, 6.45) is -0.712. The zero-order chi connectivity index (χ0) is 22.5. The van der Waals surface area contributed by atoms with E-state index >= 15 is 0 Å². The standard InChI is InChI=1S/C22H31N3O5/c1-14-10-17(23-19(11-14)25-15(2)8-9-16(25)3)12-29-13-18(20(26)28-7)24-21(27)30-22(4,5)6/h8-11,18H,12-13H2,1-7H3,(H,24,27)/t18-/m0/s1. The lowest BCUT2D eigenvalue weighted by Crippen LogP contribution is -2.46. The summed E-state index contributed by atoms with van der Waals surface area (Å²) in [7, 11) is 1.25. The minimum Gasteiger partial charge on any atom is -0.467 e. The molecule has 0 radical (unpaired) electrons. The van der Waals surface area contributed by atoms with Crippen LogP contribution in [0.25, 0.3) is 5.82 Å². The normalized spacial score (nSPS) is 12.4. The lowest BCUT2D eigenvalue weighted by molar-refractivity contribution is -0.145. The Hall–Kier alpha value is -2.87. The monoisotopic (exact) mass is 417 g/mol. The van der Waals surface area contributed by atoms with E-state index in [4.69, 9.17) is 14.2 Å². The maximum atomic E-state index is 12.0. The van der Waals surface area contributed by atoms with E-state index in [-0.39, 0.29) is 13.2 Å². The van der Waals surface area contributed by atoms with Crippen molar-refractivity contribution in [2.24, 2.45) is 0 Å². The van der Waals surface area contributed by atoms with Gasteiger partial charge in [0, 0.05) is 11.4 Å². The third-order valence-electron chi connectivity index (χ3n) is 4.22. The predicted molar refractivity (Wildman–Crippen MR) is 113 cm³/mol. The van der Waals surface area contributed by atoms with Crippen LogP contribution in [0.4, 0.5) is 4.79 Å². The molecular weight excluding hydrogens is 386 g/mol. The number of esters is 1. The summed E-state index contributed by atoms with van der Waals surface area (Å²) in [4.78, 5) is 28.7. The Morgan fingerprint density at radius 2 is 1.77 bits per heavy atom. The van der Waals surface area contributed by atoms with Gasteiger partial charge in [-0.1, -0.05) is 0 Å². The minimum absolute atomic E-state index is 0.0710. The molecule has 0 saturated carbocycles.